The maximum absolute atomic E-state index is 12.1. The van der Waals surface area contributed by atoms with E-state index in [0.29, 0.717) is 18.8 Å². The Labute approximate surface area is 162 Å². The summed E-state index contributed by atoms with van der Waals surface area (Å²) in [7, 11) is 0. The highest BCUT2D eigenvalue weighted by molar-refractivity contribution is 5.97. The highest BCUT2D eigenvalue weighted by Gasteiger charge is 2.11. The number of benzene rings is 2. The van der Waals surface area contributed by atoms with Crippen LogP contribution in [0.3, 0.4) is 0 Å². The molecule has 0 aliphatic carbocycles. The number of furan rings is 1. The van der Waals surface area contributed by atoms with E-state index in [1.807, 2.05) is 31.2 Å². The summed E-state index contributed by atoms with van der Waals surface area (Å²) in [6, 6.07) is 17.4. The lowest BCUT2D eigenvalue weighted by atomic mass is 10.1. The first-order valence-corrected chi connectivity index (χ1v) is 8.74. The van der Waals surface area contributed by atoms with Crippen LogP contribution in [0, 0.1) is 0 Å². The Kier molecular flexibility index (Phi) is 6.30. The first-order valence-electron chi connectivity index (χ1n) is 8.74. The molecular formula is C21H20N2O5. The molecule has 2 amide bonds. The average Bonchev–Trinajstić information content (AvgIpc) is 3.27. The number of carbonyl (C=O) groups is 2. The summed E-state index contributed by atoms with van der Waals surface area (Å²) in [5.74, 6) is 0.676. The molecule has 0 spiro atoms. The number of hydrogen-bond acceptors (Lipinski definition) is 5. The molecule has 7 heteroatoms. The van der Waals surface area contributed by atoms with Crippen LogP contribution in [0.25, 0.3) is 0 Å². The maximum atomic E-state index is 12.1. The van der Waals surface area contributed by atoms with E-state index in [1.165, 1.54) is 12.3 Å². The van der Waals surface area contributed by atoms with Crippen LogP contribution >= 0.6 is 0 Å². The van der Waals surface area contributed by atoms with Crippen molar-refractivity contribution in [3.05, 3.63) is 83.8 Å². The van der Waals surface area contributed by atoms with Crippen LogP contribution in [-0.4, -0.2) is 18.4 Å². The van der Waals surface area contributed by atoms with E-state index in [9.17, 15) is 9.59 Å². The summed E-state index contributed by atoms with van der Waals surface area (Å²) in [5, 5.41) is 0. The van der Waals surface area contributed by atoms with Gasteiger partial charge in [-0.15, -0.1) is 0 Å². The van der Waals surface area contributed by atoms with Crippen LogP contribution in [0.4, 0.5) is 0 Å². The Morgan fingerprint density at radius 3 is 2.11 bits per heavy atom. The molecule has 0 saturated heterocycles. The van der Waals surface area contributed by atoms with Crippen molar-refractivity contribution >= 4 is 11.8 Å². The van der Waals surface area contributed by atoms with Crippen molar-refractivity contribution in [1.29, 1.82) is 0 Å². The minimum Gasteiger partial charge on any atom is -0.494 e. The SMILES string of the molecule is CCOc1ccc(OCc2ccc(C(=O)NNC(=O)c3ccco3)cc2)cc1. The number of hydrazine groups is 1. The fourth-order valence-electron chi connectivity index (χ4n) is 2.37. The molecule has 0 atom stereocenters. The summed E-state index contributed by atoms with van der Waals surface area (Å²) >= 11 is 0. The van der Waals surface area contributed by atoms with Crippen molar-refractivity contribution in [3.63, 3.8) is 0 Å². The minimum atomic E-state index is -0.529. The zero-order chi connectivity index (χ0) is 19.8. The molecule has 0 radical (unpaired) electrons. The molecule has 7 nitrogen and oxygen atoms in total. The van der Waals surface area contributed by atoms with Gasteiger partial charge in [0.15, 0.2) is 5.76 Å². The number of carbonyl (C=O) groups excluding carboxylic acids is 2. The quantitative estimate of drug-likeness (QED) is 0.614. The van der Waals surface area contributed by atoms with Crippen LogP contribution in [-0.2, 0) is 6.61 Å². The van der Waals surface area contributed by atoms with Gasteiger partial charge in [0.25, 0.3) is 5.91 Å². The molecule has 0 aliphatic heterocycles. The molecule has 28 heavy (non-hydrogen) atoms. The van der Waals surface area contributed by atoms with Crippen molar-refractivity contribution < 1.29 is 23.5 Å². The van der Waals surface area contributed by atoms with Gasteiger partial charge in [-0.2, -0.15) is 0 Å². The van der Waals surface area contributed by atoms with Crippen molar-refractivity contribution in [2.24, 2.45) is 0 Å². The van der Waals surface area contributed by atoms with Gasteiger partial charge in [-0.05, 0) is 61.0 Å². The first kappa shape index (κ1) is 19.0. The highest BCUT2D eigenvalue weighted by atomic mass is 16.5. The zero-order valence-electron chi connectivity index (χ0n) is 15.3. The summed E-state index contributed by atoms with van der Waals surface area (Å²) in [4.78, 5) is 23.8. The number of nitrogens with one attached hydrogen (secondary N) is 2. The highest BCUT2D eigenvalue weighted by Crippen LogP contribution is 2.18. The molecule has 0 aliphatic rings. The van der Waals surface area contributed by atoms with Crippen LogP contribution in [0.2, 0.25) is 0 Å². The topological polar surface area (TPSA) is 89.8 Å². The second-order valence-corrected chi connectivity index (χ2v) is 5.78. The van der Waals surface area contributed by atoms with Gasteiger partial charge in [0.05, 0.1) is 12.9 Å². The Balaban J connectivity index is 1.48. The van der Waals surface area contributed by atoms with Crippen LogP contribution in [0.5, 0.6) is 11.5 Å². The molecule has 2 N–H and O–H groups in total. The molecule has 0 unspecified atom stereocenters. The van der Waals surface area contributed by atoms with Gasteiger partial charge in [-0.1, -0.05) is 12.1 Å². The zero-order valence-corrected chi connectivity index (χ0v) is 15.3. The third kappa shape index (κ3) is 5.14. The monoisotopic (exact) mass is 380 g/mol. The predicted octanol–water partition coefficient (Wildman–Crippen LogP) is 3.33. The average molecular weight is 380 g/mol. The lowest BCUT2D eigenvalue weighted by Crippen LogP contribution is -2.41. The number of hydrogen-bond donors (Lipinski definition) is 2. The molecule has 0 fully saturated rings. The number of rotatable bonds is 7. The Bertz CT molecular complexity index is 903. The van der Waals surface area contributed by atoms with E-state index < -0.39 is 11.8 Å². The summed E-state index contributed by atoms with van der Waals surface area (Å²) in [5.41, 5.74) is 5.94. The fraction of sp³-hybridized carbons (Fsp3) is 0.143. The Morgan fingerprint density at radius 2 is 1.50 bits per heavy atom. The van der Waals surface area contributed by atoms with Gasteiger partial charge in [0.1, 0.15) is 18.1 Å². The lowest BCUT2D eigenvalue weighted by molar-refractivity contribution is 0.0831. The third-order valence-corrected chi connectivity index (χ3v) is 3.79. The van der Waals surface area contributed by atoms with E-state index in [1.54, 1.807) is 30.3 Å². The molecule has 0 bridgehead atoms. The molecule has 3 aromatic rings. The fourth-order valence-corrected chi connectivity index (χ4v) is 2.37. The molecule has 3 rings (SSSR count). The smallest absolute Gasteiger partial charge is 0.305 e. The van der Waals surface area contributed by atoms with Gasteiger partial charge in [-0.3, -0.25) is 20.4 Å². The van der Waals surface area contributed by atoms with E-state index in [0.717, 1.165) is 17.1 Å². The number of amides is 2. The van der Waals surface area contributed by atoms with E-state index in [4.69, 9.17) is 13.9 Å². The lowest BCUT2D eigenvalue weighted by Gasteiger charge is -2.09. The second-order valence-electron chi connectivity index (χ2n) is 5.78. The van der Waals surface area contributed by atoms with Crippen LogP contribution < -0.4 is 20.3 Å². The molecule has 1 heterocycles. The molecule has 144 valence electrons. The van der Waals surface area contributed by atoms with Gasteiger partial charge >= 0.3 is 5.91 Å². The maximum Gasteiger partial charge on any atom is 0.305 e. The predicted molar refractivity (Wildman–Crippen MR) is 102 cm³/mol. The molecule has 0 saturated carbocycles. The summed E-state index contributed by atoms with van der Waals surface area (Å²) in [6.45, 7) is 2.92. The Hall–Kier alpha value is -3.74. The van der Waals surface area contributed by atoms with E-state index in [2.05, 4.69) is 10.9 Å². The van der Waals surface area contributed by atoms with Gasteiger partial charge in [-0.25, -0.2) is 0 Å². The standard InChI is InChI=1S/C21H20N2O5/c1-2-26-17-9-11-18(12-10-17)28-14-15-5-7-16(8-6-15)20(24)22-23-21(25)19-4-3-13-27-19/h3-13H,2,14H2,1H3,(H,22,24)(H,23,25). The third-order valence-electron chi connectivity index (χ3n) is 3.79. The normalized spacial score (nSPS) is 10.2. The van der Waals surface area contributed by atoms with E-state index >= 15 is 0 Å². The number of ether oxygens (including phenoxy) is 2. The van der Waals surface area contributed by atoms with Crippen molar-refractivity contribution in [2.45, 2.75) is 13.5 Å². The van der Waals surface area contributed by atoms with Crippen molar-refractivity contribution in [1.82, 2.24) is 10.9 Å². The first-order chi connectivity index (χ1) is 13.7. The molecular weight excluding hydrogens is 360 g/mol. The van der Waals surface area contributed by atoms with Crippen LogP contribution in [0.15, 0.2) is 71.3 Å². The second kappa shape index (κ2) is 9.27. The van der Waals surface area contributed by atoms with Gasteiger partial charge < -0.3 is 13.9 Å². The molecule has 1 aromatic heterocycles. The minimum absolute atomic E-state index is 0.113. The van der Waals surface area contributed by atoms with Crippen molar-refractivity contribution in [3.8, 4) is 11.5 Å². The van der Waals surface area contributed by atoms with Gasteiger partial charge in [0.2, 0.25) is 0 Å². The summed E-state index contributed by atoms with van der Waals surface area (Å²) in [6.07, 6.45) is 1.38. The van der Waals surface area contributed by atoms with Crippen molar-refractivity contribution in [2.75, 3.05) is 6.61 Å². The van der Waals surface area contributed by atoms with Crippen LogP contribution in [0.1, 0.15) is 33.4 Å². The Morgan fingerprint density at radius 1 is 0.857 bits per heavy atom. The molecule has 2 aromatic carbocycles. The van der Waals surface area contributed by atoms with E-state index in [-0.39, 0.29) is 5.76 Å². The summed E-state index contributed by atoms with van der Waals surface area (Å²) < 4.78 is 16.1. The van der Waals surface area contributed by atoms with Gasteiger partial charge in [0, 0.05) is 5.56 Å². The largest absolute Gasteiger partial charge is 0.494 e.